The Morgan fingerprint density at radius 1 is 1.29 bits per heavy atom. The van der Waals surface area contributed by atoms with Crippen LogP contribution < -0.4 is 9.47 Å². The molecule has 0 N–H and O–H groups in total. The summed E-state index contributed by atoms with van der Waals surface area (Å²) in [4.78, 5) is 4.16. The van der Waals surface area contributed by atoms with Gasteiger partial charge in [-0.15, -0.1) is 11.3 Å². The number of rotatable bonds is 2. The molecule has 0 atom stereocenters. The van der Waals surface area contributed by atoms with Gasteiger partial charge in [-0.3, -0.25) is 0 Å². The maximum atomic E-state index is 5.82. The molecule has 2 rings (SSSR count). The van der Waals surface area contributed by atoms with Gasteiger partial charge in [-0.25, -0.2) is 4.98 Å². The van der Waals surface area contributed by atoms with E-state index in [9.17, 15) is 0 Å². The molecule has 0 aliphatic rings. The average molecular weight is 230 g/mol. The summed E-state index contributed by atoms with van der Waals surface area (Å²) in [5.41, 5.74) is 0.781. The minimum atomic E-state index is 0.506. The molecule has 0 unspecified atom stereocenters. The number of ether oxygens (including phenoxy) is 2. The monoisotopic (exact) mass is 229 g/mol. The summed E-state index contributed by atoms with van der Waals surface area (Å²) in [6.07, 6.45) is 0. The fourth-order valence-corrected chi connectivity index (χ4v) is 2.29. The van der Waals surface area contributed by atoms with Gasteiger partial charge in [0, 0.05) is 6.07 Å². The summed E-state index contributed by atoms with van der Waals surface area (Å²) >= 11 is 7.22. The number of hydrogen-bond acceptors (Lipinski definition) is 4. The minimum absolute atomic E-state index is 0.506. The Balaban J connectivity index is 2.72. The molecule has 0 radical (unpaired) electrons. The van der Waals surface area contributed by atoms with Crippen molar-refractivity contribution in [1.29, 1.82) is 0 Å². The topological polar surface area (TPSA) is 31.4 Å². The van der Waals surface area contributed by atoms with Gasteiger partial charge in [0.15, 0.2) is 4.47 Å². The zero-order valence-electron chi connectivity index (χ0n) is 7.70. The first-order chi connectivity index (χ1) is 6.74. The first-order valence-electron chi connectivity index (χ1n) is 3.92. The minimum Gasteiger partial charge on any atom is -0.497 e. The summed E-state index contributed by atoms with van der Waals surface area (Å²) in [6.45, 7) is 0. The van der Waals surface area contributed by atoms with Crippen LogP contribution in [0.4, 0.5) is 0 Å². The smallest absolute Gasteiger partial charge is 0.184 e. The molecule has 2 aromatic rings. The van der Waals surface area contributed by atoms with Gasteiger partial charge >= 0.3 is 0 Å². The van der Waals surface area contributed by atoms with Crippen LogP contribution in [0.2, 0.25) is 4.47 Å². The quantitative estimate of drug-likeness (QED) is 0.794. The summed E-state index contributed by atoms with van der Waals surface area (Å²) in [7, 11) is 3.21. The first kappa shape index (κ1) is 9.55. The zero-order valence-corrected chi connectivity index (χ0v) is 9.28. The third kappa shape index (κ3) is 1.51. The van der Waals surface area contributed by atoms with Crippen LogP contribution in [0.1, 0.15) is 0 Å². The van der Waals surface area contributed by atoms with Crippen LogP contribution in [-0.4, -0.2) is 19.2 Å². The number of thiazole rings is 1. The Labute approximate surface area is 90.2 Å². The van der Waals surface area contributed by atoms with E-state index in [2.05, 4.69) is 4.98 Å². The fourth-order valence-electron chi connectivity index (χ4n) is 1.22. The lowest BCUT2D eigenvalue weighted by molar-refractivity contribution is 0.397. The number of halogens is 1. The van der Waals surface area contributed by atoms with Gasteiger partial charge in [0.2, 0.25) is 0 Å². The first-order valence-corrected chi connectivity index (χ1v) is 5.12. The zero-order chi connectivity index (χ0) is 10.1. The molecular weight excluding hydrogens is 222 g/mol. The molecule has 14 heavy (non-hydrogen) atoms. The van der Waals surface area contributed by atoms with Gasteiger partial charge in [0.1, 0.15) is 17.0 Å². The van der Waals surface area contributed by atoms with Gasteiger partial charge in [-0.2, -0.15) is 0 Å². The van der Waals surface area contributed by atoms with E-state index < -0.39 is 0 Å². The number of hydrogen-bond donors (Lipinski definition) is 0. The predicted octanol–water partition coefficient (Wildman–Crippen LogP) is 2.97. The Bertz CT molecular complexity index is 469. The average Bonchev–Trinajstić information content (AvgIpc) is 2.56. The van der Waals surface area contributed by atoms with Gasteiger partial charge < -0.3 is 9.47 Å². The van der Waals surface area contributed by atoms with E-state index in [0.29, 0.717) is 10.2 Å². The van der Waals surface area contributed by atoms with Gasteiger partial charge in [0.05, 0.1) is 18.9 Å². The lowest BCUT2D eigenvalue weighted by Gasteiger charge is -2.03. The molecule has 0 bridgehead atoms. The Kier molecular flexibility index (Phi) is 2.48. The van der Waals surface area contributed by atoms with E-state index in [1.54, 1.807) is 20.3 Å². The molecule has 0 aliphatic heterocycles. The van der Waals surface area contributed by atoms with Crippen LogP contribution in [0, 0.1) is 0 Å². The van der Waals surface area contributed by atoms with Crippen LogP contribution in [0.3, 0.4) is 0 Å². The van der Waals surface area contributed by atoms with Crippen molar-refractivity contribution < 1.29 is 9.47 Å². The van der Waals surface area contributed by atoms with Crippen molar-refractivity contribution in [3.05, 3.63) is 16.6 Å². The van der Waals surface area contributed by atoms with E-state index in [1.807, 2.05) is 6.07 Å². The molecule has 0 spiro atoms. The van der Waals surface area contributed by atoms with E-state index >= 15 is 0 Å². The predicted molar refractivity (Wildman–Crippen MR) is 57.7 cm³/mol. The molecule has 1 heterocycles. The van der Waals surface area contributed by atoms with Crippen molar-refractivity contribution in [2.45, 2.75) is 0 Å². The second-order valence-corrected chi connectivity index (χ2v) is 4.26. The Morgan fingerprint density at radius 2 is 2.07 bits per heavy atom. The van der Waals surface area contributed by atoms with Crippen molar-refractivity contribution in [1.82, 2.24) is 4.98 Å². The van der Waals surface area contributed by atoms with Crippen molar-refractivity contribution >= 4 is 33.2 Å². The molecule has 1 aromatic carbocycles. The lowest BCUT2D eigenvalue weighted by Crippen LogP contribution is -1.87. The molecule has 0 saturated carbocycles. The number of methoxy groups -OCH3 is 2. The second-order valence-electron chi connectivity index (χ2n) is 2.64. The Morgan fingerprint density at radius 3 is 2.71 bits per heavy atom. The van der Waals surface area contributed by atoms with E-state index in [1.165, 1.54) is 11.3 Å². The number of benzene rings is 1. The van der Waals surface area contributed by atoms with Crippen LogP contribution >= 0.6 is 22.9 Å². The maximum Gasteiger partial charge on any atom is 0.184 e. The van der Waals surface area contributed by atoms with Crippen molar-refractivity contribution in [2.75, 3.05) is 14.2 Å². The van der Waals surface area contributed by atoms with Gasteiger partial charge in [-0.05, 0) is 6.07 Å². The second kappa shape index (κ2) is 3.63. The molecular formula is C9H8ClNO2S. The number of nitrogens with zero attached hydrogens (tertiary/aromatic N) is 1. The lowest BCUT2D eigenvalue weighted by atomic mass is 10.3. The molecule has 3 nitrogen and oxygen atoms in total. The van der Waals surface area contributed by atoms with E-state index in [-0.39, 0.29) is 0 Å². The summed E-state index contributed by atoms with van der Waals surface area (Å²) < 4.78 is 11.8. The molecule has 0 amide bonds. The molecule has 5 heteroatoms. The molecule has 0 saturated heterocycles. The third-order valence-corrected chi connectivity index (χ3v) is 2.97. The highest BCUT2D eigenvalue weighted by atomic mass is 35.5. The van der Waals surface area contributed by atoms with Crippen LogP contribution in [-0.2, 0) is 0 Å². The number of aromatic nitrogens is 1. The largest absolute Gasteiger partial charge is 0.497 e. The highest BCUT2D eigenvalue weighted by Crippen LogP contribution is 2.35. The van der Waals surface area contributed by atoms with Gasteiger partial charge in [-0.1, -0.05) is 11.6 Å². The maximum absolute atomic E-state index is 5.82. The summed E-state index contributed by atoms with van der Waals surface area (Å²) in [5.74, 6) is 1.43. The van der Waals surface area contributed by atoms with Gasteiger partial charge in [0.25, 0.3) is 0 Å². The van der Waals surface area contributed by atoms with E-state index in [4.69, 9.17) is 21.1 Å². The molecule has 0 aliphatic carbocycles. The van der Waals surface area contributed by atoms with E-state index in [0.717, 1.165) is 16.0 Å². The van der Waals surface area contributed by atoms with Crippen LogP contribution in [0.5, 0.6) is 11.5 Å². The van der Waals surface area contributed by atoms with Crippen LogP contribution in [0.25, 0.3) is 10.2 Å². The van der Waals surface area contributed by atoms with Crippen molar-refractivity contribution in [2.24, 2.45) is 0 Å². The highest BCUT2D eigenvalue weighted by Gasteiger charge is 2.09. The normalized spacial score (nSPS) is 10.5. The fraction of sp³-hybridized carbons (Fsp3) is 0.222. The molecule has 0 fully saturated rings. The number of fused-ring (bicyclic) bond motifs is 1. The SMILES string of the molecule is COc1cc(OC)c2nc(Cl)sc2c1. The summed E-state index contributed by atoms with van der Waals surface area (Å²) in [6, 6.07) is 3.68. The van der Waals surface area contributed by atoms with Crippen molar-refractivity contribution in [3.8, 4) is 11.5 Å². The van der Waals surface area contributed by atoms with Crippen molar-refractivity contribution in [3.63, 3.8) is 0 Å². The molecule has 1 aromatic heterocycles. The highest BCUT2D eigenvalue weighted by molar-refractivity contribution is 7.22. The molecule has 74 valence electrons. The standard InChI is InChI=1S/C9H8ClNO2S/c1-12-5-3-6(13-2)8-7(4-5)14-9(10)11-8/h3-4H,1-2H3. The Hall–Kier alpha value is -1.00. The summed E-state index contributed by atoms with van der Waals surface area (Å²) in [5, 5.41) is 0. The van der Waals surface area contributed by atoms with Crippen LogP contribution in [0.15, 0.2) is 12.1 Å². The third-order valence-electron chi connectivity index (χ3n) is 1.86.